The summed E-state index contributed by atoms with van der Waals surface area (Å²) in [5.74, 6) is -0.495. The summed E-state index contributed by atoms with van der Waals surface area (Å²) in [4.78, 5) is 48.7. The van der Waals surface area contributed by atoms with Crippen LogP contribution in [0.25, 0.3) is 0 Å². The van der Waals surface area contributed by atoms with Crippen molar-refractivity contribution in [3.63, 3.8) is 0 Å². The molecule has 0 bridgehead atoms. The van der Waals surface area contributed by atoms with Gasteiger partial charge >= 0.3 is 12.1 Å². The van der Waals surface area contributed by atoms with Crippen molar-refractivity contribution in [3.8, 4) is 0 Å². The highest BCUT2D eigenvalue weighted by Crippen LogP contribution is 2.24. The van der Waals surface area contributed by atoms with Gasteiger partial charge in [-0.2, -0.15) is 0 Å². The van der Waals surface area contributed by atoms with E-state index in [4.69, 9.17) is 0 Å². The summed E-state index contributed by atoms with van der Waals surface area (Å²) in [6.07, 6.45) is 1.28. The van der Waals surface area contributed by atoms with E-state index in [-0.39, 0.29) is 5.92 Å². The molecule has 3 N–H and O–H groups in total. The molecule has 0 aromatic heterocycles. The Morgan fingerprint density at radius 3 is 2.33 bits per heavy atom. The Labute approximate surface area is 142 Å². The number of rotatable bonds is 7. The van der Waals surface area contributed by atoms with Crippen molar-refractivity contribution in [2.45, 2.75) is 53.0 Å². The number of nitrogens with zero attached hydrogens (tertiary/aromatic N) is 1. The minimum absolute atomic E-state index is 0.249. The van der Waals surface area contributed by atoms with Crippen molar-refractivity contribution in [3.05, 3.63) is 0 Å². The number of carbonyl (C=O) groups excluding carboxylic acids is 4. The number of urea groups is 2. The first-order valence-corrected chi connectivity index (χ1v) is 8.27. The average molecular weight is 340 g/mol. The summed E-state index contributed by atoms with van der Waals surface area (Å²) in [5.41, 5.74) is -0.998. The number of hydrogen-bond donors (Lipinski definition) is 3. The topological polar surface area (TPSA) is 108 Å². The molecule has 1 saturated heterocycles. The summed E-state index contributed by atoms with van der Waals surface area (Å²) >= 11 is 0. The van der Waals surface area contributed by atoms with E-state index in [9.17, 15) is 19.2 Å². The van der Waals surface area contributed by atoms with Crippen LogP contribution in [0.15, 0.2) is 0 Å². The molecule has 8 heteroatoms. The van der Waals surface area contributed by atoms with Crippen molar-refractivity contribution in [1.29, 1.82) is 0 Å². The number of nitrogens with one attached hydrogen (secondary N) is 3. The number of imide groups is 2. The van der Waals surface area contributed by atoms with E-state index in [1.165, 1.54) is 0 Å². The van der Waals surface area contributed by atoms with Crippen LogP contribution in [0, 0.1) is 11.8 Å². The summed E-state index contributed by atoms with van der Waals surface area (Å²) < 4.78 is 0. The molecule has 1 heterocycles. The first kappa shape index (κ1) is 19.9. The van der Waals surface area contributed by atoms with Crippen molar-refractivity contribution < 1.29 is 19.2 Å². The third kappa shape index (κ3) is 5.50. The van der Waals surface area contributed by atoms with Crippen LogP contribution < -0.4 is 16.0 Å². The van der Waals surface area contributed by atoms with Crippen LogP contribution >= 0.6 is 0 Å². The number of amides is 6. The highest BCUT2D eigenvalue weighted by Gasteiger charge is 2.47. The van der Waals surface area contributed by atoms with Gasteiger partial charge in [0.15, 0.2) is 0 Å². The van der Waals surface area contributed by atoms with Crippen LogP contribution in [0.1, 0.15) is 47.5 Å². The highest BCUT2D eigenvalue weighted by molar-refractivity contribution is 6.09. The summed E-state index contributed by atoms with van der Waals surface area (Å²) in [5, 5.41) is 7.29. The van der Waals surface area contributed by atoms with Gasteiger partial charge in [0.05, 0.1) is 0 Å². The molecule has 0 aromatic rings. The van der Waals surface area contributed by atoms with Crippen LogP contribution in [0.2, 0.25) is 0 Å². The quantitative estimate of drug-likeness (QED) is 0.606. The van der Waals surface area contributed by atoms with E-state index >= 15 is 0 Å². The Balaban J connectivity index is 2.58. The fourth-order valence-electron chi connectivity index (χ4n) is 2.29. The van der Waals surface area contributed by atoms with Crippen LogP contribution in [0.5, 0.6) is 0 Å². The first-order chi connectivity index (χ1) is 11.0. The second-order valence-corrected chi connectivity index (χ2v) is 7.24. The number of hydrogen-bond acceptors (Lipinski definition) is 4. The standard InChI is InChI=1S/C16H28N4O4/c1-10(2)6-7-16(5)13(22)20(15(24)19-16)9-12(21)18-14(23)17-8-11(3)4/h10-11H,6-9H2,1-5H3,(H,19,24)(H2,17,18,21,23). The highest BCUT2D eigenvalue weighted by atomic mass is 16.2. The molecule has 1 fully saturated rings. The molecule has 1 unspecified atom stereocenters. The molecule has 1 aliphatic rings. The molecular weight excluding hydrogens is 312 g/mol. The van der Waals surface area contributed by atoms with Crippen molar-refractivity contribution >= 4 is 23.9 Å². The van der Waals surface area contributed by atoms with E-state index < -0.39 is 36.0 Å². The van der Waals surface area contributed by atoms with Gasteiger partial charge in [-0.05, 0) is 31.6 Å². The molecule has 0 aromatic carbocycles. The van der Waals surface area contributed by atoms with Gasteiger partial charge in [0, 0.05) is 6.54 Å². The maximum absolute atomic E-state index is 12.4. The van der Waals surface area contributed by atoms with E-state index in [0.717, 1.165) is 11.3 Å². The van der Waals surface area contributed by atoms with Gasteiger partial charge in [-0.3, -0.25) is 19.8 Å². The van der Waals surface area contributed by atoms with Gasteiger partial charge in [0.2, 0.25) is 5.91 Å². The molecular formula is C16H28N4O4. The molecule has 0 saturated carbocycles. The minimum atomic E-state index is -0.998. The molecule has 0 radical (unpaired) electrons. The van der Waals surface area contributed by atoms with Crippen LogP contribution in [-0.2, 0) is 9.59 Å². The Kier molecular flexibility index (Phi) is 6.74. The van der Waals surface area contributed by atoms with Gasteiger partial charge < -0.3 is 10.6 Å². The Morgan fingerprint density at radius 1 is 1.17 bits per heavy atom. The van der Waals surface area contributed by atoms with Crippen molar-refractivity contribution in [2.75, 3.05) is 13.1 Å². The maximum atomic E-state index is 12.4. The lowest BCUT2D eigenvalue weighted by molar-refractivity contribution is -0.134. The largest absolute Gasteiger partial charge is 0.338 e. The smallest absolute Gasteiger partial charge is 0.325 e. The Hall–Kier alpha value is -2.12. The Bertz CT molecular complexity index is 518. The number of carbonyl (C=O) groups is 4. The fourth-order valence-corrected chi connectivity index (χ4v) is 2.29. The maximum Gasteiger partial charge on any atom is 0.325 e. The van der Waals surface area contributed by atoms with Crippen molar-refractivity contribution in [2.24, 2.45) is 11.8 Å². The lowest BCUT2D eigenvalue weighted by Gasteiger charge is -2.22. The second-order valence-electron chi connectivity index (χ2n) is 7.24. The zero-order chi connectivity index (χ0) is 18.5. The van der Waals surface area contributed by atoms with Gasteiger partial charge in [-0.1, -0.05) is 27.7 Å². The van der Waals surface area contributed by atoms with E-state index in [1.54, 1.807) is 6.92 Å². The lowest BCUT2D eigenvalue weighted by Crippen LogP contribution is -2.48. The molecule has 0 aliphatic carbocycles. The van der Waals surface area contributed by atoms with Crippen LogP contribution in [0.3, 0.4) is 0 Å². The van der Waals surface area contributed by atoms with E-state index in [0.29, 0.717) is 18.9 Å². The predicted molar refractivity (Wildman–Crippen MR) is 89.1 cm³/mol. The second kappa shape index (κ2) is 8.12. The van der Waals surface area contributed by atoms with Crippen LogP contribution in [-0.4, -0.2) is 47.4 Å². The van der Waals surface area contributed by atoms with Crippen molar-refractivity contribution in [1.82, 2.24) is 20.9 Å². The Morgan fingerprint density at radius 2 is 1.79 bits per heavy atom. The minimum Gasteiger partial charge on any atom is -0.338 e. The van der Waals surface area contributed by atoms with E-state index in [2.05, 4.69) is 16.0 Å². The molecule has 6 amide bonds. The average Bonchev–Trinajstić information content (AvgIpc) is 2.67. The zero-order valence-corrected chi connectivity index (χ0v) is 15.1. The molecule has 8 nitrogen and oxygen atoms in total. The summed E-state index contributed by atoms with van der Waals surface area (Å²) in [7, 11) is 0. The molecule has 0 spiro atoms. The fraction of sp³-hybridized carbons (Fsp3) is 0.750. The molecule has 1 rings (SSSR count). The molecule has 136 valence electrons. The SMILES string of the molecule is CC(C)CCC1(C)NC(=O)N(CC(=O)NC(=O)NCC(C)C)C1=O. The third-order valence-corrected chi connectivity index (χ3v) is 3.79. The molecule has 1 atom stereocenters. The van der Waals surface area contributed by atoms with E-state index in [1.807, 2.05) is 27.7 Å². The lowest BCUT2D eigenvalue weighted by atomic mass is 9.92. The normalized spacial score (nSPS) is 20.5. The van der Waals surface area contributed by atoms with Gasteiger partial charge in [-0.15, -0.1) is 0 Å². The summed E-state index contributed by atoms with van der Waals surface area (Å²) in [6, 6.07) is -1.24. The van der Waals surface area contributed by atoms with Gasteiger partial charge in [0.1, 0.15) is 12.1 Å². The first-order valence-electron chi connectivity index (χ1n) is 8.27. The molecule has 24 heavy (non-hydrogen) atoms. The third-order valence-electron chi connectivity index (χ3n) is 3.79. The zero-order valence-electron chi connectivity index (χ0n) is 15.1. The molecule has 1 aliphatic heterocycles. The monoisotopic (exact) mass is 340 g/mol. The predicted octanol–water partition coefficient (Wildman–Crippen LogP) is 1.21. The van der Waals surface area contributed by atoms with Crippen LogP contribution in [0.4, 0.5) is 9.59 Å². The van der Waals surface area contributed by atoms with Gasteiger partial charge in [0.25, 0.3) is 5.91 Å². The van der Waals surface area contributed by atoms with Gasteiger partial charge in [-0.25, -0.2) is 9.59 Å². The summed E-state index contributed by atoms with van der Waals surface area (Å²) in [6.45, 7) is 9.52.